The van der Waals surface area contributed by atoms with Gasteiger partial charge in [0.2, 0.25) is 0 Å². The number of para-hydroxylation sites is 1. The monoisotopic (exact) mass is 873 g/mol. The van der Waals surface area contributed by atoms with Crippen molar-refractivity contribution in [2.45, 2.75) is 24.8 Å². The first-order valence-corrected chi connectivity index (χ1v) is 22.6. The Morgan fingerprint density at radius 3 is 2.08 bits per heavy atom. The Hall–Kier alpha value is -6.44. The highest BCUT2D eigenvalue weighted by Gasteiger charge is 2.51. The van der Waals surface area contributed by atoms with E-state index in [0.29, 0.717) is 6.54 Å². The van der Waals surface area contributed by atoms with Gasteiger partial charge in [0, 0.05) is 27.2 Å². The Labute approximate surface area is 354 Å². The molecule has 0 saturated heterocycles. The van der Waals surface area contributed by atoms with Crippen molar-refractivity contribution in [2.75, 3.05) is 7.05 Å². The minimum Gasteiger partial charge on any atom is -0.457 e. The van der Waals surface area contributed by atoms with Crippen LogP contribution >= 0.6 is 20.7 Å². The third kappa shape index (κ3) is 6.06. The van der Waals surface area contributed by atoms with Gasteiger partial charge in [0.25, 0.3) is 0 Å². The molecular weight excluding hydrogens is 834 g/mol. The third-order valence-electron chi connectivity index (χ3n) is 12.1. The molecule has 1 N–H and O–H groups in total. The second kappa shape index (κ2) is 14.7. The van der Waals surface area contributed by atoms with E-state index in [1.54, 1.807) is 0 Å². The summed E-state index contributed by atoms with van der Waals surface area (Å²) in [5.74, 6) is 3.48. The molecule has 2 heterocycles. The molecule has 0 fully saturated rings. The van der Waals surface area contributed by atoms with Crippen molar-refractivity contribution >= 4 is 57.5 Å². The molecule has 0 aromatic heterocycles. The molecule has 5 heteroatoms. The Morgan fingerprint density at radius 2 is 1.29 bits per heavy atom. The fraction of sp³-hybridized carbons (Fsp3) is 0.0926. The summed E-state index contributed by atoms with van der Waals surface area (Å²) in [4.78, 5) is 10.2. The van der Waals surface area contributed by atoms with Crippen LogP contribution in [0.15, 0.2) is 190 Å². The van der Waals surface area contributed by atoms with E-state index in [-0.39, 0.29) is 20.7 Å². The molecule has 1 aliphatic carbocycles. The number of hydrogen-bond donors (Lipinski definition) is 1. The molecule has 3 aliphatic rings. The second-order valence-electron chi connectivity index (χ2n) is 15.4. The van der Waals surface area contributed by atoms with Crippen molar-refractivity contribution in [2.24, 2.45) is 9.98 Å². The van der Waals surface area contributed by atoms with Crippen LogP contribution in [0.3, 0.4) is 0 Å². The van der Waals surface area contributed by atoms with Crippen molar-refractivity contribution in [1.82, 2.24) is 5.32 Å². The highest BCUT2D eigenvalue weighted by atomic mass is 127. The number of fused-ring (bicyclic) bond motifs is 11. The Kier molecular flexibility index (Phi) is 8.92. The maximum Gasteiger partial charge on any atom is 0.135 e. The van der Waals surface area contributed by atoms with Crippen LogP contribution in [-0.4, -0.2) is 22.2 Å². The number of amidine groups is 2. The maximum atomic E-state index is 6.82. The van der Waals surface area contributed by atoms with Crippen LogP contribution in [0.4, 0.5) is 0 Å². The number of nitrogens with one attached hydrogen (secondary N) is 1. The van der Waals surface area contributed by atoms with E-state index < -0.39 is 5.41 Å². The molecular formula is C54H40IN3O. The lowest BCUT2D eigenvalue weighted by molar-refractivity contribution is 0.436. The number of ether oxygens (including phenoxy) is 1. The average molecular weight is 874 g/mol. The van der Waals surface area contributed by atoms with Gasteiger partial charge in [-0.1, -0.05) is 154 Å². The first kappa shape index (κ1) is 35.7. The van der Waals surface area contributed by atoms with Crippen molar-refractivity contribution in [1.29, 1.82) is 0 Å². The molecule has 11 rings (SSSR count). The molecule has 0 radical (unpaired) electrons. The van der Waals surface area contributed by atoms with Gasteiger partial charge in [-0.25, -0.2) is 0 Å². The maximum absolute atomic E-state index is 6.82. The minimum atomic E-state index is -0.601. The Morgan fingerprint density at radius 1 is 0.593 bits per heavy atom. The van der Waals surface area contributed by atoms with Gasteiger partial charge in [-0.2, -0.15) is 0 Å². The lowest BCUT2D eigenvalue weighted by Gasteiger charge is -2.39. The van der Waals surface area contributed by atoms with E-state index in [0.717, 1.165) is 58.3 Å². The van der Waals surface area contributed by atoms with Gasteiger partial charge in [0.1, 0.15) is 23.2 Å². The van der Waals surface area contributed by atoms with Gasteiger partial charge >= 0.3 is 0 Å². The molecule has 1 spiro atoms. The molecule has 1 unspecified atom stereocenters. The predicted molar refractivity (Wildman–Crippen MR) is 255 cm³/mol. The van der Waals surface area contributed by atoms with Crippen LogP contribution < -0.4 is 10.1 Å². The van der Waals surface area contributed by atoms with E-state index in [1.807, 2.05) is 7.05 Å². The fourth-order valence-electron chi connectivity index (χ4n) is 9.25. The van der Waals surface area contributed by atoms with E-state index >= 15 is 0 Å². The lowest BCUT2D eigenvalue weighted by Crippen LogP contribution is -2.37. The number of hydrogen-bond acceptors (Lipinski definition) is 3. The van der Waals surface area contributed by atoms with Crippen LogP contribution in [-0.2, 0) is 12.0 Å². The van der Waals surface area contributed by atoms with Crippen molar-refractivity contribution in [3.63, 3.8) is 0 Å². The summed E-state index contributed by atoms with van der Waals surface area (Å²) in [5, 5.41) is 8.75. The molecule has 4 nitrogen and oxygen atoms in total. The SMILES string of the molecule is CN=C(NC(=NCc1ccc(-c2ccc3ccccc3c2)cc1)c1ccc2c(c1)C1(c3ccccc3O2)c2ccccc2-c2cc3ccccc3cc21)C1=IC=CCC1. The van der Waals surface area contributed by atoms with Gasteiger partial charge in [-0.15, -0.1) is 0 Å². The van der Waals surface area contributed by atoms with Gasteiger partial charge < -0.3 is 10.1 Å². The number of halogens is 1. The van der Waals surface area contributed by atoms with E-state index in [4.69, 9.17) is 14.7 Å². The van der Waals surface area contributed by atoms with Crippen LogP contribution in [0.5, 0.6) is 11.5 Å². The highest BCUT2D eigenvalue weighted by Crippen LogP contribution is 2.62. The van der Waals surface area contributed by atoms with Crippen LogP contribution in [0.25, 0.3) is 43.8 Å². The van der Waals surface area contributed by atoms with Crippen LogP contribution in [0.1, 0.15) is 46.2 Å². The molecule has 59 heavy (non-hydrogen) atoms. The molecule has 0 amide bonds. The average Bonchev–Trinajstić information content (AvgIpc) is 3.58. The molecule has 284 valence electrons. The largest absolute Gasteiger partial charge is 0.457 e. The van der Waals surface area contributed by atoms with Crippen molar-refractivity contribution in [3.8, 4) is 33.8 Å². The van der Waals surface area contributed by atoms with Crippen LogP contribution in [0.2, 0.25) is 0 Å². The number of rotatable bonds is 5. The normalized spacial score (nSPS) is 16.7. The van der Waals surface area contributed by atoms with E-state index in [9.17, 15) is 0 Å². The van der Waals surface area contributed by atoms with Gasteiger partial charge in [-0.3, -0.25) is 9.98 Å². The highest BCUT2D eigenvalue weighted by molar-refractivity contribution is 14.2. The number of benzene rings is 8. The van der Waals surface area contributed by atoms with E-state index in [2.05, 4.69) is 185 Å². The standard InChI is InChI=1S/C54H40IN3O/c1-56-53(49-19-10-11-29-55-49)58-52(57-34-35-21-23-37(24-22-35)41-26-25-36-12-2-3-13-38(36)30-41)42-27-28-51-48(33-42)54(46-18-8-9-20-50(46)59-51)45-17-7-6-16-43(45)44-31-39-14-4-5-15-40(39)32-47(44)54/h2-9,11-18,20-33H,10,19,34H2,1H3,(H,56,57,58). The summed E-state index contributed by atoms with van der Waals surface area (Å²) < 4.78 is 10.6. The molecule has 1 atom stereocenters. The number of nitrogens with zero attached hydrogens (tertiary/aromatic N) is 2. The topological polar surface area (TPSA) is 46.0 Å². The van der Waals surface area contributed by atoms with Crippen molar-refractivity contribution < 1.29 is 4.74 Å². The lowest BCUT2D eigenvalue weighted by atomic mass is 9.65. The molecule has 8 aromatic rings. The second-order valence-corrected chi connectivity index (χ2v) is 18.0. The fourth-order valence-corrected chi connectivity index (χ4v) is 11.6. The summed E-state index contributed by atoms with van der Waals surface area (Å²) in [5.41, 5.74) is 11.3. The summed E-state index contributed by atoms with van der Waals surface area (Å²) in [7, 11) is 1.89. The minimum absolute atomic E-state index is 0.249. The van der Waals surface area contributed by atoms with Gasteiger partial charge in [0.15, 0.2) is 0 Å². The van der Waals surface area contributed by atoms with Crippen molar-refractivity contribution in [3.05, 3.63) is 213 Å². The first-order valence-electron chi connectivity index (χ1n) is 20.2. The molecule has 0 bridgehead atoms. The molecule has 2 aliphatic heterocycles. The Bertz CT molecular complexity index is 3100. The number of allylic oxidation sites excluding steroid dienone is 1. The predicted octanol–water partition coefficient (Wildman–Crippen LogP) is 13.1. The molecule has 8 aromatic carbocycles. The summed E-state index contributed by atoms with van der Waals surface area (Å²) in [6.45, 7) is 0.515. The zero-order valence-corrected chi connectivity index (χ0v) is 34.8. The third-order valence-corrected chi connectivity index (χ3v) is 14.7. The summed E-state index contributed by atoms with van der Waals surface area (Å²) >= 11 is -0.249. The zero-order valence-electron chi connectivity index (χ0n) is 32.6. The molecule has 0 saturated carbocycles. The summed E-state index contributed by atoms with van der Waals surface area (Å²) in [6.07, 6.45) is 4.37. The van der Waals surface area contributed by atoms with Gasteiger partial charge in [-0.05, 0) is 120 Å². The zero-order chi connectivity index (χ0) is 39.3. The smallest absolute Gasteiger partial charge is 0.135 e. The van der Waals surface area contributed by atoms with E-state index in [1.165, 1.54) is 58.4 Å². The number of aliphatic imine (C=N–C) groups is 2. The quantitative estimate of drug-likeness (QED) is 0.106. The van der Waals surface area contributed by atoms with Gasteiger partial charge in [0.05, 0.1) is 12.0 Å². The first-order chi connectivity index (χ1) is 29.2. The van der Waals surface area contributed by atoms with Crippen LogP contribution in [0, 0.1) is 0 Å². The summed E-state index contributed by atoms with van der Waals surface area (Å²) in [6, 6.07) is 61.7. The Balaban J connectivity index is 1.05.